The van der Waals surface area contributed by atoms with E-state index in [9.17, 15) is 4.39 Å². The lowest BCUT2D eigenvalue weighted by atomic mass is 9.77. The molecule has 0 bridgehead atoms. The van der Waals surface area contributed by atoms with E-state index >= 15 is 0 Å². The van der Waals surface area contributed by atoms with Crippen LogP contribution in [0.3, 0.4) is 0 Å². The van der Waals surface area contributed by atoms with E-state index in [1.165, 1.54) is 29.3 Å². The van der Waals surface area contributed by atoms with Crippen LogP contribution in [-0.2, 0) is 13.0 Å². The number of nitrogens with zero attached hydrogens (tertiary/aromatic N) is 1. The fraction of sp³-hybridized carbons (Fsp3) is 0.235. The van der Waals surface area contributed by atoms with Crippen LogP contribution in [-0.4, -0.2) is 6.54 Å². The van der Waals surface area contributed by atoms with Crippen molar-refractivity contribution in [2.75, 3.05) is 6.54 Å². The lowest BCUT2D eigenvalue weighted by Gasteiger charge is -2.30. The van der Waals surface area contributed by atoms with Crippen molar-refractivity contribution < 1.29 is 4.39 Å². The number of halogens is 1. The maximum atomic E-state index is 13.2. The lowest BCUT2D eigenvalue weighted by Crippen LogP contribution is -2.29. The Morgan fingerprint density at radius 2 is 2.10 bits per heavy atom. The summed E-state index contributed by atoms with van der Waals surface area (Å²) in [7, 11) is 0. The van der Waals surface area contributed by atoms with Crippen molar-refractivity contribution in [3.63, 3.8) is 0 Å². The van der Waals surface area contributed by atoms with Gasteiger partial charge in [-0.1, -0.05) is 24.3 Å². The molecule has 0 aromatic heterocycles. The largest absolute Gasteiger partial charge is 0.312 e. The van der Waals surface area contributed by atoms with Gasteiger partial charge >= 0.3 is 0 Å². The highest BCUT2D eigenvalue weighted by Gasteiger charge is 2.24. The quantitative estimate of drug-likeness (QED) is 0.923. The Bertz CT molecular complexity index is 673. The molecule has 0 radical (unpaired) electrons. The molecule has 0 fully saturated rings. The summed E-state index contributed by atoms with van der Waals surface area (Å²) >= 11 is 0. The third-order valence-electron chi connectivity index (χ3n) is 3.86. The Kier molecular flexibility index (Phi) is 3.49. The first kappa shape index (κ1) is 12.8. The summed E-state index contributed by atoms with van der Waals surface area (Å²) in [5.74, 6) is 0.236. The van der Waals surface area contributed by atoms with Crippen LogP contribution in [0.2, 0.25) is 0 Å². The summed E-state index contributed by atoms with van der Waals surface area (Å²) in [6.45, 7) is 1.39. The first-order valence-electron chi connectivity index (χ1n) is 6.75. The zero-order chi connectivity index (χ0) is 13.9. The predicted molar refractivity (Wildman–Crippen MR) is 75.7 cm³/mol. The Hall–Kier alpha value is -2.18. The van der Waals surface area contributed by atoms with Crippen LogP contribution in [0.4, 0.5) is 4.39 Å². The van der Waals surface area contributed by atoms with Gasteiger partial charge in [-0.25, -0.2) is 4.39 Å². The van der Waals surface area contributed by atoms with Crippen LogP contribution in [0.5, 0.6) is 0 Å². The molecule has 0 saturated carbocycles. The van der Waals surface area contributed by atoms with E-state index in [0.29, 0.717) is 18.0 Å². The number of nitrogens with one attached hydrogen (secondary N) is 1. The standard InChI is InChI=1S/C17H15FN2/c18-16-6-5-13(9-19)14(8-16)10-20-11-15-7-12-3-1-2-4-17(12)15/h1-6,8,15,20H,7,10-11H2. The maximum absolute atomic E-state index is 13.2. The molecule has 0 heterocycles. The zero-order valence-electron chi connectivity index (χ0n) is 11.1. The van der Waals surface area contributed by atoms with Crippen molar-refractivity contribution in [1.82, 2.24) is 5.32 Å². The topological polar surface area (TPSA) is 35.8 Å². The van der Waals surface area contributed by atoms with Gasteiger partial charge in [0.05, 0.1) is 11.6 Å². The van der Waals surface area contributed by atoms with Gasteiger partial charge < -0.3 is 5.32 Å². The number of hydrogen-bond acceptors (Lipinski definition) is 2. The van der Waals surface area contributed by atoms with Gasteiger partial charge in [-0.3, -0.25) is 0 Å². The van der Waals surface area contributed by atoms with Gasteiger partial charge in [-0.15, -0.1) is 0 Å². The Labute approximate surface area is 117 Å². The highest BCUT2D eigenvalue weighted by molar-refractivity contribution is 5.40. The summed E-state index contributed by atoms with van der Waals surface area (Å²) in [4.78, 5) is 0. The molecule has 1 aliphatic carbocycles. The molecule has 1 atom stereocenters. The highest BCUT2D eigenvalue weighted by Crippen LogP contribution is 2.34. The number of hydrogen-bond donors (Lipinski definition) is 1. The van der Waals surface area contributed by atoms with Gasteiger partial charge in [-0.2, -0.15) is 5.26 Å². The number of benzene rings is 2. The molecular formula is C17H15FN2. The minimum atomic E-state index is -0.296. The van der Waals surface area contributed by atoms with Crippen molar-refractivity contribution in [3.8, 4) is 6.07 Å². The average Bonchev–Trinajstić information content (AvgIpc) is 2.44. The van der Waals surface area contributed by atoms with Gasteiger partial charge in [0, 0.05) is 19.0 Å². The van der Waals surface area contributed by atoms with Gasteiger partial charge in [0.15, 0.2) is 0 Å². The molecule has 3 heteroatoms. The van der Waals surface area contributed by atoms with Gasteiger partial charge in [0.25, 0.3) is 0 Å². The van der Waals surface area contributed by atoms with E-state index in [1.807, 2.05) is 0 Å². The number of rotatable bonds is 4. The van der Waals surface area contributed by atoms with Crippen molar-refractivity contribution in [3.05, 3.63) is 70.5 Å². The van der Waals surface area contributed by atoms with Crippen molar-refractivity contribution in [1.29, 1.82) is 5.26 Å². The SMILES string of the molecule is N#Cc1ccc(F)cc1CNCC1Cc2ccccc21. The van der Waals surface area contributed by atoms with E-state index in [-0.39, 0.29) is 5.82 Å². The Balaban J connectivity index is 1.60. The molecule has 1 aliphatic rings. The van der Waals surface area contributed by atoms with Crippen LogP contribution in [0, 0.1) is 17.1 Å². The van der Waals surface area contributed by atoms with Gasteiger partial charge in [-0.05, 0) is 41.3 Å². The minimum absolute atomic E-state index is 0.296. The van der Waals surface area contributed by atoms with E-state index in [0.717, 1.165) is 18.5 Å². The molecule has 1 unspecified atom stereocenters. The lowest BCUT2D eigenvalue weighted by molar-refractivity contribution is 0.534. The summed E-state index contributed by atoms with van der Waals surface area (Å²) < 4.78 is 13.2. The third kappa shape index (κ3) is 2.43. The molecule has 20 heavy (non-hydrogen) atoms. The molecule has 2 nitrogen and oxygen atoms in total. The molecule has 0 aliphatic heterocycles. The normalized spacial score (nSPS) is 16.1. The molecule has 0 spiro atoms. The van der Waals surface area contributed by atoms with Crippen LogP contribution in [0.25, 0.3) is 0 Å². The summed E-state index contributed by atoms with van der Waals surface area (Å²) in [5.41, 5.74) is 4.08. The van der Waals surface area contributed by atoms with E-state index in [2.05, 4.69) is 35.7 Å². The van der Waals surface area contributed by atoms with Crippen molar-refractivity contribution >= 4 is 0 Å². The molecule has 2 aromatic rings. The predicted octanol–water partition coefficient (Wildman–Crippen LogP) is 3.13. The molecule has 0 saturated heterocycles. The second-order valence-electron chi connectivity index (χ2n) is 5.14. The monoisotopic (exact) mass is 266 g/mol. The second kappa shape index (κ2) is 5.44. The first-order chi connectivity index (χ1) is 9.78. The van der Waals surface area contributed by atoms with Crippen LogP contribution < -0.4 is 5.32 Å². The Morgan fingerprint density at radius 3 is 2.90 bits per heavy atom. The van der Waals surface area contributed by atoms with Gasteiger partial charge in [0.1, 0.15) is 5.82 Å². The van der Waals surface area contributed by atoms with E-state index in [4.69, 9.17) is 5.26 Å². The minimum Gasteiger partial charge on any atom is -0.312 e. The molecule has 2 aromatic carbocycles. The fourth-order valence-corrected chi connectivity index (χ4v) is 2.74. The molecule has 1 N–H and O–H groups in total. The average molecular weight is 266 g/mol. The van der Waals surface area contributed by atoms with Crippen LogP contribution in [0.1, 0.15) is 28.2 Å². The smallest absolute Gasteiger partial charge is 0.123 e. The maximum Gasteiger partial charge on any atom is 0.123 e. The first-order valence-corrected chi connectivity index (χ1v) is 6.75. The van der Waals surface area contributed by atoms with Crippen LogP contribution >= 0.6 is 0 Å². The number of fused-ring (bicyclic) bond motifs is 1. The molecular weight excluding hydrogens is 251 g/mol. The second-order valence-corrected chi connectivity index (χ2v) is 5.14. The number of nitriles is 1. The van der Waals surface area contributed by atoms with E-state index < -0.39 is 0 Å². The van der Waals surface area contributed by atoms with Crippen LogP contribution in [0.15, 0.2) is 42.5 Å². The van der Waals surface area contributed by atoms with E-state index in [1.54, 1.807) is 0 Å². The van der Waals surface area contributed by atoms with Crippen molar-refractivity contribution in [2.24, 2.45) is 0 Å². The summed E-state index contributed by atoms with van der Waals surface area (Å²) in [5, 5.41) is 12.3. The van der Waals surface area contributed by atoms with Crippen molar-refractivity contribution in [2.45, 2.75) is 18.9 Å². The molecule has 100 valence electrons. The fourth-order valence-electron chi connectivity index (χ4n) is 2.74. The molecule has 3 rings (SSSR count). The third-order valence-corrected chi connectivity index (χ3v) is 3.86. The summed E-state index contributed by atoms with van der Waals surface area (Å²) in [6.07, 6.45) is 1.09. The zero-order valence-corrected chi connectivity index (χ0v) is 11.1. The molecule has 0 amide bonds. The van der Waals surface area contributed by atoms with Gasteiger partial charge in [0.2, 0.25) is 0 Å². The Morgan fingerprint density at radius 1 is 1.25 bits per heavy atom. The summed E-state index contributed by atoms with van der Waals surface area (Å²) in [6, 6.07) is 14.8. The highest BCUT2D eigenvalue weighted by atomic mass is 19.1.